The molecular formula is C21H24N2O5S. The van der Waals surface area contributed by atoms with Crippen molar-refractivity contribution < 1.29 is 22.7 Å². The average Bonchev–Trinajstić information content (AvgIpc) is 2.69. The lowest BCUT2D eigenvalue weighted by Gasteiger charge is -2.27. The molecule has 1 aliphatic heterocycles. The summed E-state index contributed by atoms with van der Waals surface area (Å²) < 4.78 is 30.2. The van der Waals surface area contributed by atoms with E-state index in [0.29, 0.717) is 43.1 Å². The third-order valence-corrected chi connectivity index (χ3v) is 6.02. The summed E-state index contributed by atoms with van der Waals surface area (Å²) in [6.07, 6.45) is 0. The van der Waals surface area contributed by atoms with Gasteiger partial charge in [0.05, 0.1) is 19.0 Å². The second kappa shape index (κ2) is 9.19. The molecule has 0 aromatic heterocycles. The van der Waals surface area contributed by atoms with E-state index < -0.39 is 21.5 Å². The number of ether oxygens (including phenoxy) is 1. The molecule has 1 fully saturated rings. The first-order chi connectivity index (χ1) is 13.8. The van der Waals surface area contributed by atoms with Crippen LogP contribution in [0, 0.1) is 6.92 Å². The Bertz CT molecular complexity index is 980. The fourth-order valence-electron chi connectivity index (χ4n) is 3.08. The van der Waals surface area contributed by atoms with Crippen LogP contribution in [0.1, 0.15) is 21.5 Å². The van der Waals surface area contributed by atoms with Gasteiger partial charge in [0.25, 0.3) is 5.91 Å². The molecule has 154 valence electrons. The first-order valence-electron chi connectivity index (χ1n) is 9.35. The molecule has 0 aliphatic carbocycles. The number of rotatable bonds is 6. The van der Waals surface area contributed by atoms with Gasteiger partial charge in [0, 0.05) is 24.3 Å². The van der Waals surface area contributed by atoms with Crippen LogP contribution in [0.2, 0.25) is 0 Å². The lowest BCUT2D eigenvalue weighted by molar-refractivity contribution is -0.113. The highest BCUT2D eigenvalue weighted by Crippen LogP contribution is 2.14. The Morgan fingerprint density at radius 2 is 1.76 bits per heavy atom. The Balaban J connectivity index is 1.62. The van der Waals surface area contributed by atoms with E-state index in [4.69, 9.17) is 4.74 Å². The lowest BCUT2D eigenvalue weighted by Crippen LogP contribution is -2.40. The van der Waals surface area contributed by atoms with Crippen LogP contribution in [-0.2, 0) is 25.1 Å². The van der Waals surface area contributed by atoms with Gasteiger partial charge < -0.3 is 15.0 Å². The van der Waals surface area contributed by atoms with Gasteiger partial charge in [0.2, 0.25) is 5.91 Å². The van der Waals surface area contributed by atoms with Gasteiger partial charge in [-0.2, -0.15) is 0 Å². The van der Waals surface area contributed by atoms with Crippen LogP contribution in [-0.4, -0.2) is 57.2 Å². The zero-order valence-corrected chi connectivity index (χ0v) is 17.1. The van der Waals surface area contributed by atoms with E-state index in [-0.39, 0.29) is 11.7 Å². The molecule has 2 amide bonds. The van der Waals surface area contributed by atoms with Gasteiger partial charge in [-0.3, -0.25) is 9.59 Å². The van der Waals surface area contributed by atoms with Crippen LogP contribution in [0.4, 0.5) is 5.69 Å². The van der Waals surface area contributed by atoms with Crippen molar-refractivity contribution in [3.8, 4) is 0 Å². The van der Waals surface area contributed by atoms with E-state index in [1.54, 1.807) is 41.3 Å². The van der Waals surface area contributed by atoms with Crippen molar-refractivity contribution >= 4 is 27.3 Å². The molecule has 7 nitrogen and oxygen atoms in total. The summed E-state index contributed by atoms with van der Waals surface area (Å²) in [5, 5.41) is 2.59. The number of carbonyl (C=O) groups excluding carboxylic acids is 2. The third-order valence-electron chi connectivity index (χ3n) is 4.55. The maximum absolute atomic E-state index is 12.6. The molecule has 8 heteroatoms. The van der Waals surface area contributed by atoms with E-state index in [2.05, 4.69) is 5.32 Å². The normalized spacial score (nSPS) is 14.4. The molecule has 3 rings (SSSR count). The van der Waals surface area contributed by atoms with Crippen molar-refractivity contribution in [2.24, 2.45) is 0 Å². The number of amides is 2. The van der Waals surface area contributed by atoms with Gasteiger partial charge in [-0.1, -0.05) is 29.8 Å². The monoisotopic (exact) mass is 416 g/mol. The molecule has 1 aliphatic rings. The molecule has 2 aromatic carbocycles. The van der Waals surface area contributed by atoms with Crippen molar-refractivity contribution in [3.05, 3.63) is 65.2 Å². The van der Waals surface area contributed by atoms with Crippen LogP contribution < -0.4 is 5.32 Å². The fraction of sp³-hybridized carbons (Fsp3) is 0.333. The number of nitrogens with zero attached hydrogens (tertiary/aromatic N) is 1. The molecule has 0 atom stereocenters. The minimum atomic E-state index is -3.69. The van der Waals surface area contributed by atoms with E-state index in [1.807, 2.05) is 19.1 Å². The number of sulfone groups is 1. The summed E-state index contributed by atoms with van der Waals surface area (Å²) in [6, 6.07) is 13.7. The van der Waals surface area contributed by atoms with Crippen molar-refractivity contribution in [1.29, 1.82) is 0 Å². The molecule has 2 aromatic rings. The first-order valence-corrected chi connectivity index (χ1v) is 11.2. The lowest BCUT2D eigenvalue weighted by atomic mass is 10.1. The van der Waals surface area contributed by atoms with E-state index >= 15 is 0 Å². The van der Waals surface area contributed by atoms with Crippen LogP contribution in [0.25, 0.3) is 0 Å². The molecule has 0 saturated carbocycles. The zero-order chi connectivity index (χ0) is 20.9. The average molecular weight is 416 g/mol. The standard InChI is InChI=1S/C21H24N2O5S/c1-16-5-7-19(8-6-16)22-20(24)15-29(26,27)14-17-3-2-4-18(13-17)21(25)23-9-11-28-12-10-23/h2-8,13H,9-12,14-15H2,1H3,(H,22,24). The predicted molar refractivity (Wildman–Crippen MR) is 110 cm³/mol. The number of nitrogens with one attached hydrogen (secondary N) is 1. The Kier molecular flexibility index (Phi) is 6.66. The van der Waals surface area contributed by atoms with E-state index in [0.717, 1.165) is 5.56 Å². The van der Waals surface area contributed by atoms with Crippen LogP contribution in [0.3, 0.4) is 0 Å². The second-order valence-electron chi connectivity index (χ2n) is 7.05. The minimum Gasteiger partial charge on any atom is -0.378 e. The van der Waals surface area contributed by atoms with E-state index in [1.165, 1.54) is 0 Å². The van der Waals surface area contributed by atoms with Crippen molar-refractivity contribution in [1.82, 2.24) is 4.90 Å². The molecule has 0 bridgehead atoms. The largest absolute Gasteiger partial charge is 0.378 e. The summed E-state index contributed by atoms with van der Waals surface area (Å²) in [5.74, 6) is -1.67. The van der Waals surface area contributed by atoms with Crippen molar-refractivity contribution in [2.45, 2.75) is 12.7 Å². The molecule has 1 heterocycles. The number of benzene rings is 2. The Hall–Kier alpha value is -2.71. The molecular weight excluding hydrogens is 392 g/mol. The fourth-order valence-corrected chi connectivity index (χ4v) is 4.34. The Labute approximate surface area is 170 Å². The number of hydrogen-bond acceptors (Lipinski definition) is 5. The summed E-state index contributed by atoms with van der Waals surface area (Å²) in [4.78, 5) is 26.4. The molecule has 0 unspecified atom stereocenters. The Morgan fingerprint density at radius 3 is 2.45 bits per heavy atom. The number of carbonyl (C=O) groups is 2. The van der Waals surface area contributed by atoms with Gasteiger partial charge >= 0.3 is 0 Å². The van der Waals surface area contributed by atoms with Crippen LogP contribution >= 0.6 is 0 Å². The summed E-state index contributed by atoms with van der Waals surface area (Å²) in [5.41, 5.74) is 2.51. The molecule has 0 radical (unpaired) electrons. The number of morpholine rings is 1. The molecule has 1 N–H and O–H groups in total. The predicted octanol–water partition coefficient (Wildman–Crippen LogP) is 2.02. The molecule has 0 spiro atoms. The maximum Gasteiger partial charge on any atom is 0.254 e. The molecule has 29 heavy (non-hydrogen) atoms. The van der Waals surface area contributed by atoms with Crippen LogP contribution in [0.5, 0.6) is 0 Å². The molecule has 1 saturated heterocycles. The zero-order valence-electron chi connectivity index (χ0n) is 16.3. The van der Waals surface area contributed by atoms with Gasteiger partial charge in [0.15, 0.2) is 9.84 Å². The number of aryl methyl sites for hydroxylation is 1. The highest BCUT2D eigenvalue weighted by atomic mass is 32.2. The van der Waals surface area contributed by atoms with Crippen LogP contribution in [0.15, 0.2) is 48.5 Å². The highest BCUT2D eigenvalue weighted by Gasteiger charge is 2.21. The summed E-state index contributed by atoms with van der Waals surface area (Å²) >= 11 is 0. The second-order valence-corrected chi connectivity index (χ2v) is 9.12. The van der Waals surface area contributed by atoms with Gasteiger partial charge in [0.1, 0.15) is 5.75 Å². The highest BCUT2D eigenvalue weighted by molar-refractivity contribution is 7.91. The summed E-state index contributed by atoms with van der Waals surface area (Å²) in [6.45, 7) is 3.95. The summed E-state index contributed by atoms with van der Waals surface area (Å²) in [7, 11) is -3.69. The third kappa shape index (κ3) is 6.13. The maximum atomic E-state index is 12.6. The van der Waals surface area contributed by atoms with Gasteiger partial charge in [-0.05, 0) is 36.8 Å². The Morgan fingerprint density at radius 1 is 1.07 bits per heavy atom. The van der Waals surface area contributed by atoms with Gasteiger partial charge in [-0.15, -0.1) is 0 Å². The van der Waals surface area contributed by atoms with Crippen molar-refractivity contribution in [3.63, 3.8) is 0 Å². The number of hydrogen-bond donors (Lipinski definition) is 1. The van der Waals surface area contributed by atoms with Gasteiger partial charge in [-0.25, -0.2) is 8.42 Å². The number of anilines is 1. The topological polar surface area (TPSA) is 92.8 Å². The van der Waals surface area contributed by atoms with E-state index in [9.17, 15) is 18.0 Å². The SMILES string of the molecule is Cc1ccc(NC(=O)CS(=O)(=O)Cc2cccc(C(=O)N3CCOCC3)c2)cc1. The quantitative estimate of drug-likeness (QED) is 0.778. The smallest absolute Gasteiger partial charge is 0.254 e. The minimum absolute atomic E-state index is 0.148. The van der Waals surface area contributed by atoms with Crippen molar-refractivity contribution in [2.75, 3.05) is 37.4 Å². The first kappa shape index (κ1) is 21.0.